The molecule has 0 aromatic heterocycles. The number of rotatable bonds is 4. The Bertz CT molecular complexity index is 660. The van der Waals surface area contributed by atoms with Crippen LogP contribution in [0.2, 0.25) is 5.02 Å². The van der Waals surface area contributed by atoms with E-state index in [-0.39, 0.29) is 11.2 Å². The lowest BCUT2D eigenvalue weighted by atomic mass is 10.2. The Kier molecular flexibility index (Phi) is 5.15. The van der Waals surface area contributed by atoms with Gasteiger partial charge < -0.3 is 11.1 Å². The van der Waals surface area contributed by atoms with E-state index in [1.807, 2.05) is 50.2 Å². The Hall–Kier alpha value is -1.65. The van der Waals surface area contributed by atoms with Gasteiger partial charge in [0.2, 0.25) is 5.91 Å². The predicted octanol–water partition coefficient (Wildman–Crippen LogP) is 4.35. The normalized spacial score (nSPS) is 12.0. The molecule has 0 spiro atoms. The summed E-state index contributed by atoms with van der Waals surface area (Å²) in [6.07, 6.45) is 0. The lowest BCUT2D eigenvalue weighted by molar-refractivity contribution is -0.115. The third-order valence-corrected chi connectivity index (χ3v) is 4.32. The van der Waals surface area contributed by atoms with Crippen LogP contribution in [0, 0.1) is 6.92 Å². The van der Waals surface area contributed by atoms with Crippen LogP contribution < -0.4 is 11.1 Å². The standard InChI is InChI=1S/C16H17ClN2OS/c1-10-8-13(18)6-7-15(10)19-16(20)11(2)21-14-5-3-4-12(17)9-14/h3-9,11H,18H2,1-2H3,(H,19,20). The van der Waals surface area contributed by atoms with Gasteiger partial charge in [-0.15, -0.1) is 11.8 Å². The Balaban J connectivity index is 2.02. The van der Waals surface area contributed by atoms with E-state index in [4.69, 9.17) is 17.3 Å². The van der Waals surface area contributed by atoms with Gasteiger partial charge in [0.25, 0.3) is 0 Å². The first-order chi connectivity index (χ1) is 9.95. The van der Waals surface area contributed by atoms with Crippen LogP contribution in [0.1, 0.15) is 12.5 Å². The number of hydrogen-bond acceptors (Lipinski definition) is 3. The average Bonchev–Trinajstić information content (AvgIpc) is 2.41. The van der Waals surface area contributed by atoms with Crippen molar-refractivity contribution in [2.24, 2.45) is 0 Å². The van der Waals surface area contributed by atoms with E-state index in [1.54, 1.807) is 6.07 Å². The Morgan fingerprint density at radius 1 is 1.29 bits per heavy atom. The van der Waals surface area contributed by atoms with Gasteiger partial charge in [-0.2, -0.15) is 0 Å². The van der Waals surface area contributed by atoms with Gasteiger partial charge in [-0.3, -0.25) is 4.79 Å². The third kappa shape index (κ3) is 4.41. The number of nitrogens with one attached hydrogen (secondary N) is 1. The fourth-order valence-electron chi connectivity index (χ4n) is 1.86. The molecule has 0 saturated carbocycles. The van der Waals surface area contributed by atoms with Gasteiger partial charge in [0.05, 0.1) is 5.25 Å². The molecule has 110 valence electrons. The van der Waals surface area contributed by atoms with Crippen LogP contribution >= 0.6 is 23.4 Å². The van der Waals surface area contributed by atoms with Gasteiger partial charge in [0.1, 0.15) is 0 Å². The number of benzene rings is 2. The molecule has 0 aliphatic heterocycles. The molecule has 0 radical (unpaired) electrons. The molecular weight excluding hydrogens is 304 g/mol. The highest BCUT2D eigenvalue weighted by Crippen LogP contribution is 2.27. The minimum Gasteiger partial charge on any atom is -0.399 e. The van der Waals surface area contributed by atoms with Crippen molar-refractivity contribution in [1.29, 1.82) is 0 Å². The first-order valence-corrected chi connectivity index (χ1v) is 7.80. The van der Waals surface area contributed by atoms with Crippen molar-refractivity contribution in [2.75, 3.05) is 11.1 Å². The number of nitrogens with two attached hydrogens (primary N) is 1. The summed E-state index contributed by atoms with van der Waals surface area (Å²) in [5.41, 5.74) is 8.12. The molecule has 2 rings (SSSR count). The fourth-order valence-corrected chi connectivity index (χ4v) is 3.04. The van der Waals surface area contributed by atoms with E-state index in [1.165, 1.54) is 11.8 Å². The Labute approximate surface area is 133 Å². The van der Waals surface area contributed by atoms with Gasteiger partial charge in [-0.05, 0) is 55.8 Å². The second-order valence-corrected chi connectivity index (χ2v) is 6.63. The molecular formula is C16H17ClN2OS. The van der Waals surface area contributed by atoms with Gasteiger partial charge >= 0.3 is 0 Å². The summed E-state index contributed by atoms with van der Waals surface area (Å²) in [5.74, 6) is -0.0483. The highest BCUT2D eigenvalue weighted by atomic mass is 35.5. The fraction of sp³-hybridized carbons (Fsp3) is 0.188. The van der Waals surface area contributed by atoms with E-state index in [9.17, 15) is 4.79 Å². The molecule has 1 unspecified atom stereocenters. The summed E-state index contributed by atoms with van der Waals surface area (Å²) in [6, 6.07) is 12.9. The molecule has 0 heterocycles. The van der Waals surface area contributed by atoms with Crippen molar-refractivity contribution in [3.8, 4) is 0 Å². The minimum atomic E-state index is -0.222. The summed E-state index contributed by atoms with van der Waals surface area (Å²) >= 11 is 7.42. The lowest BCUT2D eigenvalue weighted by Gasteiger charge is -2.14. The van der Waals surface area contributed by atoms with Crippen molar-refractivity contribution in [1.82, 2.24) is 0 Å². The van der Waals surface area contributed by atoms with E-state index in [0.29, 0.717) is 10.7 Å². The van der Waals surface area contributed by atoms with E-state index in [0.717, 1.165) is 16.1 Å². The number of nitrogen functional groups attached to an aromatic ring is 1. The number of carbonyl (C=O) groups excluding carboxylic acids is 1. The number of hydrogen-bond donors (Lipinski definition) is 2. The van der Waals surface area contributed by atoms with Crippen LogP contribution in [0.4, 0.5) is 11.4 Å². The van der Waals surface area contributed by atoms with Crippen molar-refractivity contribution in [3.63, 3.8) is 0 Å². The summed E-state index contributed by atoms with van der Waals surface area (Å²) in [7, 11) is 0. The molecule has 0 bridgehead atoms. The maximum absolute atomic E-state index is 12.2. The Morgan fingerprint density at radius 2 is 2.05 bits per heavy atom. The summed E-state index contributed by atoms with van der Waals surface area (Å²) in [4.78, 5) is 13.2. The Morgan fingerprint density at radius 3 is 2.71 bits per heavy atom. The average molecular weight is 321 g/mol. The van der Waals surface area contributed by atoms with Crippen molar-refractivity contribution < 1.29 is 4.79 Å². The molecule has 0 saturated heterocycles. The molecule has 1 atom stereocenters. The smallest absolute Gasteiger partial charge is 0.237 e. The van der Waals surface area contributed by atoms with Gasteiger partial charge in [0.15, 0.2) is 0 Å². The second kappa shape index (κ2) is 6.87. The van der Waals surface area contributed by atoms with E-state index < -0.39 is 0 Å². The van der Waals surface area contributed by atoms with Gasteiger partial charge in [-0.1, -0.05) is 17.7 Å². The largest absolute Gasteiger partial charge is 0.399 e. The predicted molar refractivity (Wildman–Crippen MR) is 91.0 cm³/mol. The summed E-state index contributed by atoms with van der Waals surface area (Å²) < 4.78 is 0. The zero-order chi connectivity index (χ0) is 15.4. The highest BCUT2D eigenvalue weighted by Gasteiger charge is 2.15. The van der Waals surface area contributed by atoms with Crippen LogP contribution in [0.15, 0.2) is 47.4 Å². The van der Waals surface area contributed by atoms with Crippen LogP contribution in [0.3, 0.4) is 0 Å². The molecule has 3 N–H and O–H groups in total. The van der Waals surface area contributed by atoms with Gasteiger partial charge in [-0.25, -0.2) is 0 Å². The molecule has 0 aliphatic rings. The maximum atomic E-state index is 12.2. The molecule has 2 aromatic rings. The maximum Gasteiger partial charge on any atom is 0.237 e. The highest BCUT2D eigenvalue weighted by molar-refractivity contribution is 8.00. The van der Waals surface area contributed by atoms with Crippen LogP contribution in [0.25, 0.3) is 0 Å². The van der Waals surface area contributed by atoms with Crippen molar-refractivity contribution in [3.05, 3.63) is 53.1 Å². The molecule has 1 amide bonds. The number of amides is 1. The van der Waals surface area contributed by atoms with Crippen molar-refractivity contribution in [2.45, 2.75) is 24.0 Å². The topological polar surface area (TPSA) is 55.1 Å². The first-order valence-electron chi connectivity index (χ1n) is 6.55. The minimum absolute atomic E-state index is 0.0483. The first kappa shape index (κ1) is 15.7. The number of carbonyl (C=O) groups is 1. The van der Waals surface area contributed by atoms with E-state index >= 15 is 0 Å². The zero-order valence-corrected chi connectivity index (χ0v) is 13.5. The monoisotopic (exact) mass is 320 g/mol. The molecule has 0 fully saturated rings. The van der Waals surface area contributed by atoms with Gasteiger partial charge in [0, 0.05) is 21.3 Å². The molecule has 3 nitrogen and oxygen atoms in total. The number of anilines is 2. The van der Waals surface area contributed by atoms with Crippen LogP contribution in [0.5, 0.6) is 0 Å². The van der Waals surface area contributed by atoms with Crippen LogP contribution in [-0.2, 0) is 4.79 Å². The summed E-state index contributed by atoms with van der Waals surface area (Å²) in [5, 5.41) is 3.37. The van der Waals surface area contributed by atoms with Crippen molar-refractivity contribution >= 4 is 40.6 Å². The summed E-state index contributed by atoms with van der Waals surface area (Å²) in [6.45, 7) is 3.79. The van der Waals surface area contributed by atoms with E-state index in [2.05, 4.69) is 5.32 Å². The number of halogens is 1. The molecule has 0 aliphatic carbocycles. The SMILES string of the molecule is Cc1cc(N)ccc1NC(=O)C(C)Sc1cccc(Cl)c1. The van der Waals surface area contributed by atoms with Crippen LogP contribution in [-0.4, -0.2) is 11.2 Å². The second-order valence-electron chi connectivity index (χ2n) is 4.78. The third-order valence-electron chi connectivity index (χ3n) is 2.99. The zero-order valence-electron chi connectivity index (χ0n) is 11.9. The number of aryl methyl sites for hydroxylation is 1. The quantitative estimate of drug-likeness (QED) is 0.650. The lowest BCUT2D eigenvalue weighted by Crippen LogP contribution is -2.22. The molecule has 21 heavy (non-hydrogen) atoms. The molecule has 2 aromatic carbocycles. The molecule has 5 heteroatoms. The number of thioether (sulfide) groups is 1.